The second-order valence-electron chi connectivity index (χ2n) is 9.82. The minimum absolute atomic E-state index is 0.00783. The lowest BCUT2D eigenvalue weighted by Gasteiger charge is -2.43. The SMILES string of the molecule is COc1ccc(S(=O)(=O)Nc2ccc3n(c2=O)C[C@H]2C[C@@H]3CN(C(=O)c3ccc(N(C)C)cc3)C2)cc1. The molecule has 3 heterocycles. The van der Waals surface area contributed by atoms with Crippen molar-refractivity contribution in [1.29, 1.82) is 0 Å². The van der Waals surface area contributed by atoms with Crippen molar-refractivity contribution in [2.45, 2.75) is 23.8 Å². The average molecular weight is 523 g/mol. The van der Waals surface area contributed by atoms with Gasteiger partial charge in [0.15, 0.2) is 0 Å². The number of methoxy groups -OCH3 is 1. The molecule has 1 N–H and O–H groups in total. The molecule has 2 atom stereocenters. The molecule has 2 bridgehead atoms. The van der Waals surface area contributed by atoms with Crippen LogP contribution in [0.25, 0.3) is 0 Å². The second-order valence-corrected chi connectivity index (χ2v) is 11.5. The summed E-state index contributed by atoms with van der Waals surface area (Å²) in [4.78, 5) is 30.4. The van der Waals surface area contributed by atoms with Gasteiger partial charge in [-0.2, -0.15) is 0 Å². The molecule has 1 amide bonds. The van der Waals surface area contributed by atoms with E-state index in [1.54, 1.807) is 22.8 Å². The van der Waals surface area contributed by atoms with Gasteiger partial charge in [0.1, 0.15) is 11.4 Å². The second kappa shape index (κ2) is 9.59. The van der Waals surface area contributed by atoms with Crippen LogP contribution in [0.15, 0.2) is 70.4 Å². The third kappa shape index (κ3) is 4.81. The van der Waals surface area contributed by atoms with Crippen LogP contribution in [0.4, 0.5) is 11.4 Å². The molecule has 37 heavy (non-hydrogen) atoms. The highest BCUT2D eigenvalue weighted by Crippen LogP contribution is 2.36. The van der Waals surface area contributed by atoms with Crippen molar-refractivity contribution in [1.82, 2.24) is 9.47 Å². The first-order chi connectivity index (χ1) is 17.7. The molecule has 0 spiro atoms. The van der Waals surface area contributed by atoms with Crippen molar-refractivity contribution in [3.63, 3.8) is 0 Å². The van der Waals surface area contributed by atoms with E-state index in [1.807, 2.05) is 48.2 Å². The fraction of sp³-hybridized carbons (Fsp3) is 0.333. The number of nitrogens with one attached hydrogen (secondary N) is 1. The third-order valence-electron chi connectivity index (χ3n) is 7.14. The van der Waals surface area contributed by atoms with E-state index in [0.29, 0.717) is 30.9 Å². The first-order valence-corrected chi connectivity index (χ1v) is 13.6. The highest BCUT2D eigenvalue weighted by Gasteiger charge is 2.37. The van der Waals surface area contributed by atoms with E-state index in [2.05, 4.69) is 4.72 Å². The van der Waals surface area contributed by atoms with Gasteiger partial charge < -0.3 is 19.1 Å². The number of benzene rings is 2. The molecular weight excluding hydrogens is 492 g/mol. The van der Waals surface area contributed by atoms with Crippen LogP contribution in [0.1, 0.15) is 28.4 Å². The highest BCUT2D eigenvalue weighted by molar-refractivity contribution is 7.92. The zero-order valence-corrected chi connectivity index (χ0v) is 21.9. The highest BCUT2D eigenvalue weighted by atomic mass is 32.2. The number of carbonyl (C=O) groups is 1. The van der Waals surface area contributed by atoms with Gasteiger partial charge in [0.2, 0.25) is 0 Å². The molecular formula is C27H30N4O5S. The Kier molecular flexibility index (Phi) is 6.45. The summed E-state index contributed by atoms with van der Waals surface area (Å²) in [6.07, 6.45) is 0.889. The van der Waals surface area contributed by atoms with Crippen LogP contribution >= 0.6 is 0 Å². The number of pyridine rings is 1. The molecule has 2 aliphatic heterocycles. The summed E-state index contributed by atoms with van der Waals surface area (Å²) in [5.41, 5.74) is 2.14. The quantitative estimate of drug-likeness (QED) is 0.534. The van der Waals surface area contributed by atoms with Crippen LogP contribution in [0.5, 0.6) is 5.75 Å². The molecule has 10 heteroatoms. The molecule has 2 aromatic carbocycles. The molecule has 1 fully saturated rings. The number of fused-ring (bicyclic) bond motifs is 4. The van der Waals surface area contributed by atoms with Gasteiger partial charge in [-0.3, -0.25) is 14.3 Å². The van der Waals surface area contributed by atoms with Crippen LogP contribution in [-0.4, -0.2) is 58.1 Å². The fourth-order valence-electron chi connectivity index (χ4n) is 5.23. The van der Waals surface area contributed by atoms with E-state index >= 15 is 0 Å². The minimum atomic E-state index is -3.94. The van der Waals surface area contributed by atoms with E-state index < -0.39 is 10.0 Å². The lowest BCUT2D eigenvalue weighted by Crippen LogP contribution is -2.49. The van der Waals surface area contributed by atoms with Crippen molar-refractivity contribution in [3.8, 4) is 5.75 Å². The number of hydrogen-bond donors (Lipinski definition) is 1. The van der Waals surface area contributed by atoms with Crippen molar-refractivity contribution in [3.05, 3.63) is 82.3 Å². The molecule has 5 rings (SSSR count). The number of likely N-dealkylation sites (tertiary alicyclic amines) is 1. The zero-order valence-electron chi connectivity index (χ0n) is 21.0. The molecule has 9 nitrogen and oxygen atoms in total. The molecule has 0 unspecified atom stereocenters. The van der Waals surface area contributed by atoms with Gasteiger partial charge in [0, 0.05) is 56.6 Å². The average Bonchev–Trinajstić information content (AvgIpc) is 2.90. The van der Waals surface area contributed by atoms with E-state index in [1.165, 1.54) is 25.3 Å². The molecule has 1 aromatic heterocycles. The summed E-state index contributed by atoms with van der Waals surface area (Å²) in [6.45, 7) is 1.51. The number of sulfonamides is 1. The summed E-state index contributed by atoms with van der Waals surface area (Å²) in [5, 5.41) is 0. The monoisotopic (exact) mass is 522 g/mol. The van der Waals surface area contributed by atoms with E-state index in [0.717, 1.165) is 17.8 Å². The van der Waals surface area contributed by atoms with Crippen molar-refractivity contribution >= 4 is 27.3 Å². The first kappa shape index (κ1) is 24.9. The number of carbonyl (C=O) groups excluding carboxylic acids is 1. The smallest absolute Gasteiger partial charge is 0.275 e. The lowest BCUT2D eigenvalue weighted by molar-refractivity contribution is 0.0594. The van der Waals surface area contributed by atoms with Crippen LogP contribution < -0.4 is 19.9 Å². The maximum absolute atomic E-state index is 13.3. The van der Waals surface area contributed by atoms with E-state index in [9.17, 15) is 18.0 Å². The molecule has 194 valence electrons. The normalized spacial score (nSPS) is 18.6. The Balaban J connectivity index is 1.36. The molecule has 2 aliphatic rings. The zero-order chi connectivity index (χ0) is 26.3. The number of anilines is 2. The van der Waals surface area contributed by atoms with Crippen molar-refractivity contribution in [2.24, 2.45) is 5.92 Å². The fourth-order valence-corrected chi connectivity index (χ4v) is 6.29. The number of aromatic nitrogens is 1. The Bertz CT molecular complexity index is 1480. The standard InChI is InChI=1S/C27H30N4O5S/c1-29(2)21-6-4-19(5-7-21)26(32)30-15-18-14-20(17-30)25-13-12-24(27(33)31(25)16-18)28-37(34,35)23-10-8-22(36-3)9-11-23/h4-13,18,20,28H,14-17H2,1-3H3/t18-,20+/m0/s1. The first-order valence-electron chi connectivity index (χ1n) is 12.1. The number of piperidine rings is 1. The Morgan fingerprint density at radius 1 is 0.973 bits per heavy atom. The van der Waals surface area contributed by atoms with Crippen LogP contribution in [0, 0.1) is 5.92 Å². The molecule has 0 aliphatic carbocycles. The predicted molar refractivity (Wildman–Crippen MR) is 142 cm³/mol. The predicted octanol–water partition coefficient (Wildman–Crippen LogP) is 2.98. The van der Waals surface area contributed by atoms with Gasteiger partial charge in [-0.15, -0.1) is 0 Å². The largest absolute Gasteiger partial charge is 0.497 e. The Labute approximate surface area is 216 Å². The maximum Gasteiger partial charge on any atom is 0.275 e. The number of ether oxygens (including phenoxy) is 1. The van der Waals surface area contributed by atoms with Gasteiger partial charge in [-0.1, -0.05) is 0 Å². The number of amides is 1. The summed E-state index contributed by atoms with van der Waals surface area (Å²) in [6, 6.07) is 16.9. The lowest BCUT2D eigenvalue weighted by atomic mass is 9.83. The van der Waals surface area contributed by atoms with Crippen LogP contribution in [-0.2, 0) is 16.6 Å². The third-order valence-corrected chi connectivity index (χ3v) is 8.52. The maximum atomic E-state index is 13.3. The summed E-state index contributed by atoms with van der Waals surface area (Å²) < 4.78 is 35.0. The molecule has 0 saturated carbocycles. The van der Waals surface area contributed by atoms with Gasteiger partial charge in [-0.05, 0) is 73.0 Å². The number of rotatable bonds is 6. The molecule has 0 radical (unpaired) electrons. The van der Waals surface area contributed by atoms with Gasteiger partial charge in [-0.25, -0.2) is 8.42 Å². The van der Waals surface area contributed by atoms with Gasteiger partial charge in [0.25, 0.3) is 21.5 Å². The van der Waals surface area contributed by atoms with E-state index in [-0.39, 0.29) is 33.9 Å². The summed E-state index contributed by atoms with van der Waals surface area (Å²) >= 11 is 0. The Hall–Kier alpha value is -3.79. The van der Waals surface area contributed by atoms with Crippen molar-refractivity contribution in [2.75, 3.05) is 43.9 Å². The van der Waals surface area contributed by atoms with Crippen molar-refractivity contribution < 1.29 is 17.9 Å². The van der Waals surface area contributed by atoms with Gasteiger partial charge >= 0.3 is 0 Å². The topological polar surface area (TPSA) is 101 Å². The minimum Gasteiger partial charge on any atom is -0.497 e. The van der Waals surface area contributed by atoms with Gasteiger partial charge in [0.05, 0.1) is 12.0 Å². The van der Waals surface area contributed by atoms with E-state index in [4.69, 9.17) is 4.74 Å². The molecule has 3 aromatic rings. The summed E-state index contributed by atoms with van der Waals surface area (Å²) in [7, 11) is 1.47. The van der Waals surface area contributed by atoms with Crippen LogP contribution in [0.2, 0.25) is 0 Å². The summed E-state index contributed by atoms with van der Waals surface area (Å²) in [5.74, 6) is 0.650. The molecule has 1 saturated heterocycles. The Morgan fingerprint density at radius 3 is 2.32 bits per heavy atom. The number of hydrogen-bond acceptors (Lipinski definition) is 6. The number of nitrogens with zero attached hydrogens (tertiary/aromatic N) is 3. The Morgan fingerprint density at radius 2 is 1.68 bits per heavy atom. The van der Waals surface area contributed by atoms with Crippen LogP contribution in [0.3, 0.4) is 0 Å².